The number of hydrogen-bond acceptors (Lipinski definition) is 7. The summed E-state index contributed by atoms with van der Waals surface area (Å²) in [5.41, 5.74) is 5.55. The van der Waals surface area contributed by atoms with Gasteiger partial charge in [0, 0.05) is 30.6 Å². The van der Waals surface area contributed by atoms with Crippen LogP contribution in [-0.4, -0.2) is 31.4 Å². The highest BCUT2D eigenvalue weighted by Crippen LogP contribution is 2.57. The van der Waals surface area contributed by atoms with Crippen molar-refractivity contribution in [3.63, 3.8) is 0 Å². The van der Waals surface area contributed by atoms with Crippen molar-refractivity contribution in [1.29, 1.82) is 0 Å². The number of methoxy groups -OCH3 is 1. The molecule has 7 heteroatoms. The van der Waals surface area contributed by atoms with Gasteiger partial charge in [0.15, 0.2) is 11.2 Å². The molecule has 2 heterocycles. The van der Waals surface area contributed by atoms with Gasteiger partial charge in [-0.25, -0.2) is 9.59 Å². The van der Waals surface area contributed by atoms with Gasteiger partial charge in [-0.2, -0.15) is 0 Å². The number of carbonyl (C=O) groups excluding carboxylic acids is 3. The molecule has 30 heavy (non-hydrogen) atoms. The second-order valence-electron chi connectivity index (χ2n) is 8.55. The maximum Gasteiger partial charge on any atom is 0.339 e. The normalized spacial score (nSPS) is 24.6. The highest BCUT2D eigenvalue weighted by molar-refractivity contribution is 6.18. The first-order valence-electron chi connectivity index (χ1n) is 9.74. The molecular weight excluding hydrogens is 384 g/mol. The summed E-state index contributed by atoms with van der Waals surface area (Å²) in [7, 11) is 1.22. The van der Waals surface area contributed by atoms with Crippen molar-refractivity contribution in [1.82, 2.24) is 0 Å². The van der Waals surface area contributed by atoms with Crippen molar-refractivity contribution >= 4 is 23.4 Å². The number of allylic oxidation sites excluding steroid dienone is 1. The minimum absolute atomic E-state index is 0.0452. The monoisotopic (exact) mass is 408 g/mol. The Bertz CT molecular complexity index is 1070. The predicted molar refractivity (Wildman–Crippen MR) is 110 cm³/mol. The van der Waals surface area contributed by atoms with E-state index < -0.39 is 17.4 Å². The predicted octanol–water partition coefficient (Wildman–Crippen LogP) is 2.47. The van der Waals surface area contributed by atoms with E-state index in [4.69, 9.17) is 15.2 Å². The summed E-state index contributed by atoms with van der Waals surface area (Å²) < 4.78 is 10.7. The van der Waals surface area contributed by atoms with Crippen LogP contribution in [0.5, 0.6) is 0 Å². The highest BCUT2D eigenvalue weighted by Gasteiger charge is 2.64. The molecule has 7 nitrogen and oxygen atoms in total. The van der Waals surface area contributed by atoms with Gasteiger partial charge in [-0.3, -0.25) is 4.79 Å². The maximum atomic E-state index is 13.5. The second-order valence-corrected chi connectivity index (χ2v) is 8.55. The molecular formula is C23H24N2O5. The molecule has 0 amide bonds. The molecule has 0 aromatic heterocycles. The Kier molecular flexibility index (Phi) is 4.38. The first-order valence-corrected chi connectivity index (χ1v) is 9.74. The third-order valence-electron chi connectivity index (χ3n) is 5.95. The van der Waals surface area contributed by atoms with Gasteiger partial charge in [-0.05, 0) is 11.5 Å². The lowest BCUT2D eigenvalue weighted by atomic mass is 9.62. The zero-order valence-electron chi connectivity index (χ0n) is 17.3. The van der Waals surface area contributed by atoms with Crippen molar-refractivity contribution in [2.24, 2.45) is 11.1 Å². The smallest absolute Gasteiger partial charge is 0.339 e. The summed E-state index contributed by atoms with van der Waals surface area (Å²) in [5.74, 6) is -1.36. The molecule has 4 rings (SSSR count). The molecule has 2 N–H and O–H groups in total. The quantitative estimate of drug-likeness (QED) is 0.606. The minimum Gasteiger partial charge on any atom is -0.466 e. The van der Waals surface area contributed by atoms with Crippen LogP contribution in [0.15, 0.2) is 59.6 Å². The van der Waals surface area contributed by atoms with Gasteiger partial charge in [0.25, 0.3) is 0 Å². The van der Waals surface area contributed by atoms with E-state index in [-0.39, 0.29) is 34.6 Å². The van der Waals surface area contributed by atoms with Crippen LogP contribution in [0.25, 0.3) is 0 Å². The number of esters is 2. The van der Waals surface area contributed by atoms with E-state index in [2.05, 4.69) is 6.58 Å². The Balaban J connectivity index is 2.12. The second kappa shape index (κ2) is 6.58. The number of nitrogens with two attached hydrogens (primary N) is 1. The third kappa shape index (κ3) is 2.47. The minimum atomic E-state index is -1.74. The molecule has 1 aromatic rings. The first kappa shape index (κ1) is 19.9. The molecule has 0 fully saturated rings. The summed E-state index contributed by atoms with van der Waals surface area (Å²) >= 11 is 0. The molecule has 0 saturated heterocycles. The molecule has 1 aliphatic carbocycles. The number of anilines is 1. The number of nitrogens with zero attached hydrogens (tertiary/aromatic N) is 1. The molecule has 2 aliphatic heterocycles. The van der Waals surface area contributed by atoms with Crippen molar-refractivity contribution in [2.45, 2.75) is 32.1 Å². The fourth-order valence-electron chi connectivity index (χ4n) is 4.83. The Morgan fingerprint density at radius 1 is 1.30 bits per heavy atom. The topological polar surface area (TPSA) is 98.9 Å². The summed E-state index contributed by atoms with van der Waals surface area (Å²) in [4.78, 5) is 41.6. The number of ether oxygens (including phenoxy) is 2. The van der Waals surface area contributed by atoms with Crippen LogP contribution in [0.3, 0.4) is 0 Å². The number of ketones is 1. The van der Waals surface area contributed by atoms with E-state index in [1.807, 2.05) is 13.8 Å². The van der Waals surface area contributed by atoms with Crippen LogP contribution >= 0.6 is 0 Å². The molecule has 0 saturated carbocycles. The van der Waals surface area contributed by atoms with Crippen molar-refractivity contribution in [3.8, 4) is 0 Å². The fourth-order valence-corrected chi connectivity index (χ4v) is 4.83. The van der Waals surface area contributed by atoms with E-state index in [1.54, 1.807) is 35.2 Å². The van der Waals surface area contributed by atoms with Gasteiger partial charge in [0.2, 0.25) is 0 Å². The van der Waals surface area contributed by atoms with E-state index >= 15 is 0 Å². The zero-order valence-corrected chi connectivity index (χ0v) is 17.3. The van der Waals surface area contributed by atoms with Crippen molar-refractivity contribution in [3.05, 3.63) is 65.2 Å². The summed E-state index contributed by atoms with van der Waals surface area (Å²) in [6.45, 7) is 7.95. The fraction of sp³-hybridized carbons (Fsp3) is 0.348. The SMILES string of the molecule is C=CCN1C(N)=C(C(=O)OC)C2(C(=O)OC3=C2C(=O)CC(C)(C)C3)c2ccccc21. The van der Waals surface area contributed by atoms with Crippen molar-refractivity contribution in [2.75, 3.05) is 18.6 Å². The Morgan fingerprint density at radius 2 is 2.00 bits per heavy atom. The maximum absolute atomic E-state index is 13.5. The Morgan fingerprint density at radius 3 is 2.67 bits per heavy atom. The number of hydrogen-bond donors (Lipinski definition) is 1. The van der Waals surface area contributed by atoms with E-state index in [0.29, 0.717) is 30.0 Å². The Hall–Kier alpha value is -3.35. The van der Waals surface area contributed by atoms with Gasteiger partial charge in [-0.15, -0.1) is 6.58 Å². The number of para-hydroxylation sites is 1. The van der Waals surface area contributed by atoms with Gasteiger partial charge in [-0.1, -0.05) is 38.1 Å². The van der Waals surface area contributed by atoms with Crippen LogP contribution < -0.4 is 10.6 Å². The molecule has 156 valence electrons. The van der Waals surface area contributed by atoms with Crippen LogP contribution in [-0.2, 0) is 29.3 Å². The van der Waals surface area contributed by atoms with E-state index in [9.17, 15) is 14.4 Å². The molecule has 0 radical (unpaired) electrons. The summed E-state index contributed by atoms with van der Waals surface area (Å²) in [6.07, 6.45) is 2.29. The number of benzene rings is 1. The van der Waals surface area contributed by atoms with Gasteiger partial charge in [0.1, 0.15) is 17.2 Å². The lowest BCUT2D eigenvalue weighted by Crippen LogP contribution is -2.51. The van der Waals surface area contributed by atoms with Gasteiger partial charge >= 0.3 is 11.9 Å². The average molecular weight is 408 g/mol. The van der Waals surface area contributed by atoms with Crippen LogP contribution in [0.4, 0.5) is 5.69 Å². The standard InChI is InChI=1S/C23H24N2O5/c1-5-10-25-14-9-7-6-8-13(14)23(18(19(25)24)20(27)29-4)17-15(26)11-22(2,3)12-16(17)30-21(23)28/h5-9H,1,10-12,24H2,2-4H3. The number of carbonyl (C=O) groups is 3. The number of Topliss-reactive ketones (excluding diaryl/α,β-unsaturated/α-hetero) is 1. The molecule has 1 aromatic carbocycles. The lowest BCUT2D eigenvalue weighted by Gasteiger charge is -2.42. The summed E-state index contributed by atoms with van der Waals surface area (Å²) in [6, 6.07) is 7.09. The van der Waals surface area contributed by atoms with Crippen LogP contribution in [0.2, 0.25) is 0 Å². The van der Waals surface area contributed by atoms with Crippen LogP contribution in [0, 0.1) is 5.41 Å². The largest absolute Gasteiger partial charge is 0.466 e. The number of rotatable bonds is 3. The first-order chi connectivity index (χ1) is 14.2. The summed E-state index contributed by atoms with van der Waals surface area (Å²) in [5, 5.41) is 0. The lowest BCUT2D eigenvalue weighted by molar-refractivity contribution is -0.145. The highest BCUT2D eigenvalue weighted by atomic mass is 16.5. The third-order valence-corrected chi connectivity index (χ3v) is 5.95. The van der Waals surface area contributed by atoms with Crippen molar-refractivity contribution < 1.29 is 23.9 Å². The Labute approximate surface area is 174 Å². The zero-order chi connectivity index (χ0) is 21.8. The molecule has 1 atom stereocenters. The van der Waals surface area contributed by atoms with E-state index in [1.165, 1.54) is 7.11 Å². The average Bonchev–Trinajstić information content (AvgIpc) is 2.96. The molecule has 1 unspecified atom stereocenters. The van der Waals surface area contributed by atoms with Gasteiger partial charge < -0.3 is 20.1 Å². The molecule has 3 aliphatic rings. The van der Waals surface area contributed by atoms with Crippen LogP contribution in [0.1, 0.15) is 32.3 Å². The van der Waals surface area contributed by atoms with Gasteiger partial charge in [0.05, 0.1) is 12.7 Å². The number of fused-ring (bicyclic) bond motifs is 3. The molecule has 1 spiro atoms. The van der Waals surface area contributed by atoms with E-state index in [0.717, 1.165) is 0 Å². The molecule has 0 bridgehead atoms.